The van der Waals surface area contributed by atoms with Crippen LogP contribution in [0.3, 0.4) is 0 Å². The molecule has 1 heterocycles. The van der Waals surface area contributed by atoms with Crippen LogP contribution in [0, 0.1) is 11.3 Å². The summed E-state index contributed by atoms with van der Waals surface area (Å²) < 4.78 is 5.66. The SMILES string of the molecule is CN(C)CCOc1ccc(NC(=O)C2CC23CCNCC3)cc1Cl. The maximum absolute atomic E-state index is 12.5. The molecule has 1 unspecified atom stereocenters. The van der Waals surface area contributed by atoms with Gasteiger partial charge in [-0.15, -0.1) is 0 Å². The van der Waals surface area contributed by atoms with Gasteiger partial charge in [0.25, 0.3) is 0 Å². The van der Waals surface area contributed by atoms with E-state index >= 15 is 0 Å². The fraction of sp³-hybridized carbons (Fsp3) is 0.611. The Balaban J connectivity index is 1.54. The number of carbonyl (C=O) groups excluding carboxylic acids is 1. The predicted octanol–water partition coefficient (Wildman–Crippen LogP) is 2.61. The van der Waals surface area contributed by atoms with E-state index in [0.717, 1.165) is 44.6 Å². The molecule has 2 N–H and O–H groups in total. The van der Waals surface area contributed by atoms with Crippen molar-refractivity contribution in [2.45, 2.75) is 19.3 Å². The minimum absolute atomic E-state index is 0.120. The minimum Gasteiger partial charge on any atom is -0.491 e. The van der Waals surface area contributed by atoms with Crippen LogP contribution in [0.4, 0.5) is 5.69 Å². The molecular formula is C18H26ClN3O2. The monoisotopic (exact) mass is 351 g/mol. The Morgan fingerprint density at radius 2 is 2.17 bits per heavy atom. The Kier molecular flexibility index (Phi) is 5.33. The number of piperidine rings is 1. The molecule has 0 aromatic heterocycles. The molecule has 132 valence electrons. The van der Waals surface area contributed by atoms with E-state index in [2.05, 4.69) is 15.5 Å². The standard InChI is InChI=1S/C18H26ClN3O2/c1-22(2)9-10-24-16-4-3-13(11-15(16)19)21-17(23)14-12-18(14)5-7-20-8-6-18/h3-4,11,14,20H,5-10,12H2,1-2H3,(H,21,23). The summed E-state index contributed by atoms with van der Waals surface area (Å²) in [5, 5.41) is 6.90. The van der Waals surface area contributed by atoms with Crippen LogP contribution >= 0.6 is 11.6 Å². The van der Waals surface area contributed by atoms with E-state index in [1.807, 2.05) is 26.2 Å². The molecule has 1 aromatic carbocycles. The van der Waals surface area contributed by atoms with Crippen molar-refractivity contribution in [3.8, 4) is 5.75 Å². The third kappa shape index (κ3) is 4.02. The van der Waals surface area contributed by atoms with E-state index in [4.69, 9.17) is 16.3 Å². The van der Waals surface area contributed by atoms with Crippen LogP contribution < -0.4 is 15.4 Å². The number of carbonyl (C=O) groups is 1. The largest absolute Gasteiger partial charge is 0.491 e. The van der Waals surface area contributed by atoms with Gasteiger partial charge in [-0.1, -0.05) is 11.6 Å². The zero-order chi connectivity index (χ0) is 17.2. The molecule has 1 aliphatic heterocycles. The summed E-state index contributed by atoms with van der Waals surface area (Å²) in [5.41, 5.74) is 0.981. The van der Waals surface area contributed by atoms with Crippen molar-refractivity contribution in [1.29, 1.82) is 0 Å². The Morgan fingerprint density at radius 3 is 2.83 bits per heavy atom. The highest BCUT2D eigenvalue weighted by Gasteiger charge is 2.57. The fourth-order valence-electron chi connectivity index (χ4n) is 3.46. The summed E-state index contributed by atoms with van der Waals surface area (Å²) in [6.07, 6.45) is 3.22. The average molecular weight is 352 g/mol. The molecule has 1 atom stereocenters. The number of benzene rings is 1. The quantitative estimate of drug-likeness (QED) is 0.827. The molecule has 0 bridgehead atoms. The van der Waals surface area contributed by atoms with Gasteiger partial charge in [0.05, 0.1) is 5.02 Å². The normalized spacial score (nSPS) is 21.8. The summed E-state index contributed by atoms with van der Waals surface area (Å²) in [5.74, 6) is 0.918. The molecule has 1 aliphatic carbocycles. The molecule has 2 aliphatic rings. The lowest BCUT2D eigenvalue weighted by atomic mass is 9.92. The lowest BCUT2D eigenvalue weighted by Gasteiger charge is -2.23. The van der Waals surface area contributed by atoms with Gasteiger partial charge in [0.1, 0.15) is 12.4 Å². The lowest BCUT2D eigenvalue weighted by molar-refractivity contribution is -0.118. The van der Waals surface area contributed by atoms with Crippen molar-refractivity contribution >= 4 is 23.2 Å². The zero-order valence-electron chi connectivity index (χ0n) is 14.4. The lowest BCUT2D eigenvalue weighted by Crippen LogP contribution is -2.31. The zero-order valence-corrected chi connectivity index (χ0v) is 15.2. The van der Waals surface area contributed by atoms with Gasteiger partial charge in [-0.3, -0.25) is 4.79 Å². The maximum atomic E-state index is 12.5. The number of amides is 1. The van der Waals surface area contributed by atoms with Gasteiger partial charge in [0.2, 0.25) is 5.91 Å². The maximum Gasteiger partial charge on any atom is 0.228 e. The van der Waals surface area contributed by atoms with Crippen LogP contribution in [0.1, 0.15) is 19.3 Å². The second-order valence-electron chi connectivity index (χ2n) is 7.16. The highest BCUT2D eigenvalue weighted by atomic mass is 35.5. The molecule has 0 radical (unpaired) electrons. The number of nitrogens with one attached hydrogen (secondary N) is 2. The molecule has 3 rings (SSSR count). The van der Waals surface area contributed by atoms with Crippen LogP contribution in [-0.2, 0) is 4.79 Å². The molecule has 1 saturated heterocycles. The van der Waals surface area contributed by atoms with E-state index in [0.29, 0.717) is 17.4 Å². The van der Waals surface area contributed by atoms with Crippen LogP contribution in [0.2, 0.25) is 5.02 Å². The number of nitrogens with zero attached hydrogens (tertiary/aromatic N) is 1. The Labute approximate surface area is 148 Å². The van der Waals surface area contributed by atoms with Gasteiger partial charge in [0, 0.05) is 18.2 Å². The van der Waals surface area contributed by atoms with Crippen molar-refractivity contribution < 1.29 is 9.53 Å². The van der Waals surface area contributed by atoms with Crippen molar-refractivity contribution in [3.05, 3.63) is 23.2 Å². The number of likely N-dealkylation sites (N-methyl/N-ethyl adjacent to an activating group) is 1. The highest BCUT2D eigenvalue weighted by Crippen LogP contribution is 2.58. The number of hydrogen-bond donors (Lipinski definition) is 2. The van der Waals surface area contributed by atoms with Gasteiger partial charge in [-0.05, 0) is 70.1 Å². The van der Waals surface area contributed by atoms with Crippen molar-refractivity contribution in [2.24, 2.45) is 11.3 Å². The Hall–Kier alpha value is -1.30. The van der Waals surface area contributed by atoms with Crippen LogP contribution in [0.5, 0.6) is 5.75 Å². The van der Waals surface area contributed by atoms with Gasteiger partial charge in [0.15, 0.2) is 0 Å². The molecule has 1 amide bonds. The average Bonchev–Trinajstić information content (AvgIpc) is 3.23. The summed E-state index contributed by atoms with van der Waals surface area (Å²) in [7, 11) is 3.99. The number of halogens is 1. The number of rotatable bonds is 6. The van der Waals surface area contributed by atoms with E-state index in [9.17, 15) is 4.79 Å². The molecule has 24 heavy (non-hydrogen) atoms. The second kappa shape index (κ2) is 7.30. The van der Waals surface area contributed by atoms with Crippen molar-refractivity contribution in [3.63, 3.8) is 0 Å². The topological polar surface area (TPSA) is 53.6 Å². The van der Waals surface area contributed by atoms with E-state index in [-0.39, 0.29) is 17.2 Å². The molecule has 1 aromatic rings. The molecule has 5 nitrogen and oxygen atoms in total. The summed E-state index contributed by atoms with van der Waals surface area (Å²) in [4.78, 5) is 14.5. The Bertz CT molecular complexity index is 600. The van der Waals surface area contributed by atoms with Gasteiger partial charge in [-0.25, -0.2) is 0 Å². The Morgan fingerprint density at radius 1 is 1.42 bits per heavy atom. The fourth-order valence-corrected chi connectivity index (χ4v) is 3.69. The van der Waals surface area contributed by atoms with Crippen molar-refractivity contribution in [2.75, 3.05) is 45.7 Å². The molecule has 2 fully saturated rings. The van der Waals surface area contributed by atoms with E-state index < -0.39 is 0 Å². The van der Waals surface area contributed by atoms with Crippen LogP contribution in [0.15, 0.2) is 18.2 Å². The first-order valence-corrected chi connectivity index (χ1v) is 8.97. The van der Waals surface area contributed by atoms with Gasteiger partial charge in [-0.2, -0.15) is 0 Å². The van der Waals surface area contributed by atoms with E-state index in [1.54, 1.807) is 6.07 Å². The number of anilines is 1. The second-order valence-corrected chi connectivity index (χ2v) is 7.56. The molecule has 6 heteroatoms. The minimum atomic E-state index is 0.120. The summed E-state index contributed by atoms with van der Waals surface area (Å²) in [6, 6.07) is 5.44. The van der Waals surface area contributed by atoms with E-state index in [1.165, 1.54) is 0 Å². The summed E-state index contributed by atoms with van der Waals surface area (Å²) in [6.45, 7) is 3.45. The first-order valence-electron chi connectivity index (χ1n) is 8.59. The number of hydrogen-bond acceptors (Lipinski definition) is 4. The highest BCUT2D eigenvalue weighted by molar-refractivity contribution is 6.32. The van der Waals surface area contributed by atoms with Gasteiger partial charge < -0.3 is 20.3 Å². The third-order valence-corrected chi connectivity index (χ3v) is 5.40. The van der Waals surface area contributed by atoms with Crippen LogP contribution in [0.25, 0.3) is 0 Å². The predicted molar refractivity (Wildman–Crippen MR) is 96.8 cm³/mol. The first kappa shape index (κ1) is 17.5. The molecule has 1 saturated carbocycles. The molecule has 1 spiro atoms. The third-order valence-electron chi connectivity index (χ3n) is 5.10. The van der Waals surface area contributed by atoms with Crippen LogP contribution in [-0.4, -0.2) is 51.1 Å². The first-order chi connectivity index (χ1) is 11.5. The summed E-state index contributed by atoms with van der Waals surface area (Å²) >= 11 is 6.27. The van der Waals surface area contributed by atoms with Gasteiger partial charge >= 0.3 is 0 Å². The number of ether oxygens (including phenoxy) is 1. The molecular weight excluding hydrogens is 326 g/mol. The van der Waals surface area contributed by atoms with Crippen molar-refractivity contribution in [1.82, 2.24) is 10.2 Å². The smallest absolute Gasteiger partial charge is 0.228 e.